The molecule has 0 saturated carbocycles. The summed E-state index contributed by atoms with van der Waals surface area (Å²) in [5.41, 5.74) is 9.45. The highest BCUT2D eigenvalue weighted by Gasteiger charge is 2.22. The molecular formula is C28H23FNO+. The van der Waals surface area contributed by atoms with Crippen molar-refractivity contribution in [2.45, 2.75) is 26.2 Å². The van der Waals surface area contributed by atoms with Crippen LogP contribution in [0.4, 0.5) is 4.39 Å². The Bertz CT molecular complexity index is 1490. The fourth-order valence-corrected chi connectivity index (χ4v) is 5.06. The zero-order valence-corrected chi connectivity index (χ0v) is 17.7. The Labute approximate surface area is 180 Å². The van der Waals surface area contributed by atoms with Crippen molar-refractivity contribution in [3.8, 4) is 22.4 Å². The number of aryl methyl sites for hydroxylation is 4. The van der Waals surface area contributed by atoms with Crippen LogP contribution < -0.4 is 4.57 Å². The van der Waals surface area contributed by atoms with Gasteiger partial charge in [-0.2, -0.15) is 0 Å². The predicted molar refractivity (Wildman–Crippen MR) is 122 cm³/mol. The van der Waals surface area contributed by atoms with Crippen LogP contribution >= 0.6 is 0 Å². The van der Waals surface area contributed by atoms with Gasteiger partial charge >= 0.3 is 0 Å². The SMILES string of the molecule is Cc1ccc2c(oc3c(-c4ccc5c(c4)CCC5)cc(F)cc32)c1-c1cccc[n+]1C. The number of hydrogen-bond donors (Lipinski definition) is 0. The third kappa shape index (κ3) is 2.80. The van der Waals surface area contributed by atoms with Crippen molar-refractivity contribution in [1.29, 1.82) is 0 Å². The van der Waals surface area contributed by atoms with E-state index in [9.17, 15) is 4.39 Å². The van der Waals surface area contributed by atoms with Gasteiger partial charge in [-0.05, 0) is 66.6 Å². The maximum Gasteiger partial charge on any atom is 0.216 e. The first-order valence-electron chi connectivity index (χ1n) is 10.8. The molecule has 2 aromatic heterocycles. The number of aromatic nitrogens is 1. The van der Waals surface area contributed by atoms with E-state index < -0.39 is 0 Å². The van der Waals surface area contributed by atoms with E-state index in [1.807, 2.05) is 25.4 Å². The predicted octanol–water partition coefficient (Wildman–Crippen LogP) is 6.68. The van der Waals surface area contributed by atoms with E-state index >= 15 is 0 Å². The summed E-state index contributed by atoms with van der Waals surface area (Å²) < 4.78 is 23.4. The lowest BCUT2D eigenvalue weighted by Crippen LogP contribution is -2.30. The van der Waals surface area contributed by atoms with Gasteiger partial charge in [-0.1, -0.05) is 30.3 Å². The van der Waals surface area contributed by atoms with E-state index in [1.165, 1.54) is 17.5 Å². The van der Waals surface area contributed by atoms with Crippen LogP contribution in [-0.4, -0.2) is 0 Å². The average molecular weight is 408 g/mol. The van der Waals surface area contributed by atoms with Crippen LogP contribution in [0.3, 0.4) is 0 Å². The molecule has 0 spiro atoms. The van der Waals surface area contributed by atoms with Crippen LogP contribution in [0.25, 0.3) is 44.3 Å². The minimum absolute atomic E-state index is 0.238. The van der Waals surface area contributed by atoms with Crippen LogP contribution in [0.5, 0.6) is 0 Å². The fraction of sp³-hybridized carbons (Fsp3) is 0.179. The molecule has 0 aliphatic heterocycles. The molecule has 31 heavy (non-hydrogen) atoms. The smallest absolute Gasteiger partial charge is 0.216 e. The van der Waals surface area contributed by atoms with Crippen molar-refractivity contribution < 1.29 is 13.4 Å². The maximum atomic E-state index is 14.8. The molecule has 2 heterocycles. The van der Waals surface area contributed by atoms with Crippen molar-refractivity contribution in [1.82, 2.24) is 0 Å². The number of nitrogens with zero attached hydrogens (tertiary/aromatic N) is 1. The molecule has 0 atom stereocenters. The lowest BCUT2D eigenvalue weighted by molar-refractivity contribution is -0.660. The third-order valence-corrected chi connectivity index (χ3v) is 6.63. The Morgan fingerprint density at radius 2 is 1.74 bits per heavy atom. The molecule has 0 unspecified atom stereocenters. The van der Waals surface area contributed by atoms with E-state index in [2.05, 4.69) is 47.9 Å². The average Bonchev–Trinajstić information content (AvgIpc) is 3.38. The van der Waals surface area contributed by atoms with Crippen LogP contribution in [0.2, 0.25) is 0 Å². The first-order chi connectivity index (χ1) is 15.1. The Morgan fingerprint density at radius 1 is 0.871 bits per heavy atom. The molecule has 0 radical (unpaired) electrons. The second kappa shape index (κ2) is 6.78. The molecule has 1 aliphatic carbocycles. The molecule has 6 rings (SSSR count). The highest BCUT2D eigenvalue weighted by molar-refractivity contribution is 6.13. The molecule has 152 valence electrons. The molecule has 3 aromatic carbocycles. The van der Waals surface area contributed by atoms with E-state index in [1.54, 1.807) is 12.1 Å². The normalized spacial score (nSPS) is 13.3. The minimum Gasteiger partial charge on any atom is -0.454 e. The van der Waals surface area contributed by atoms with E-state index in [0.717, 1.165) is 62.7 Å². The maximum absolute atomic E-state index is 14.8. The number of furan rings is 1. The first kappa shape index (κ1) is 18.3. The van der Waals surface area contributed by atoms with Crippen molar-refractivity contribution in [3.05, 3.63) is 89.4 Å². The van der Waals surface area contributed by atoms with Crippen LogP contribution in [0.1, 0.15) is 23.1 Å². The Morgan fingerprint density at radius 3 is 2.61 bits per heavy atom. The molecule has 0 amide bonds. The summed E-state index contributed by atoms with van der Waals surface area (Å²) >= 11 is 0. The van der Waals surface area contributed by atoms with Crippen LogP contribution in [0, 0.1) is 12.7 Å². The van der Waals surface area contributed by atoms with Crippen LogP contribution in [0.15, 0.2) is 71.3 Å². The van der Waals surface area contributed by atoms with Gasteiger partial charge in [0.2, 0.25) is 5.69 Å². The molecule has 3 heteroatoms. The number of rotatable bonds is 2. The van der Waals surface area contributed by atoms with E-state index in [4.69, 9.17) is 4.42 Å². The molecule has 5 aromatic rings. The van der Waals surface area contributed by atoms with Gasteiger partial charge < -0.3 is 4.42 Å². The van der Waals surface area contributed by atoms with Gasteiger partial charge in [0.05, 0.1) is 5.56 Å². The molecule has 0 fully saturated rings. The van der Waals surface area contributed by atoms with Gasteiger partial charge in [-0.25, -0.2) is 8.96 Å². The fourth-order valence-electron chi connectivity index (χ4n) is 5.06. The number of pyridine rings is 1. The Kier molecular flexibility index (Phi) is 4.01. The first-order valence-corrected chi connectivity index (χ1v) is 10.8. The number of hydrogen-bond acceptors (Lipinski definition) is 1. The second-order valence-electron chi connectivity index (χ2n) is 8.60. The standard InChI is InChI=1S/C28H23FNO/c1-17-9-12-22-24-16-21(29)15-23(20-11-10-18-6-5-7-19(18)14-20)27(24)31-28(22)26(17)25-8-3-4-13-30(25)2/h3-4,8-16H,5-7H2,1-2H3/q+1. The highest BCUT2D eigenvalue weighted by Crippen LogP contribution is 2.41. The molecule has 0 saturated heterocycles. The summed E-state index contributed by atoms with van der Waals surface area (Å²) in [6, 6.07) is 20.0. The number of halogens is 1. The summed E-state index contributed by atoms with van der Waals surface area (Å²) in [5.74, 6) is -0.238. The molecule has 0 N–H and O–H groups in total. The quantitative estimate of drug-likeness (QED) is 0.298. The van der Waals surface area contributed by atoms with Gasteiger partial charge in [-0.15, -0.1) is 0 Å². The summed E-state index contributed by atoms with van der Waals surface area (Å²) in [6.07, 6.45) is 5.45. The topological polar surface area (TPSA) is 17.0 Å². The van der Waals surface area contributed by atoms with Crippen molar-refractivity contribution in [3.63, 3.8) is 0 Å². The van der Waals surface area contributed by atoms with Gasteiger partial charge in [0.1, 0.15) is 24.0 Å². The zero-order valence-electron chi connectivity index (χ0n) is 17.7. The highest BCUT2D eigenvalue weighted by atomic mass is 19.1. The van der Waals surface area contributed by atoms with Crippen molar-refractivity contribution >= 4 is 21.9 Å². The zero-order chi connectivity index (χ0) is 21.1. The van der Waals surface area contributed by atoms with Gasteiger partial charge in [0.25, 0.3) is 0 Å². The summed E-state index contributed by atoms with van der Waals surface area (Å²) in [4.78, 5) is 0. The largest absolute Gasteiger partial charge is 0.454 e. The Hall–Kier alpha value is -3.46. The second-order valence-corrected chi connectivity index (χ2v) is 8.60. The lowest BCUT2D eigenvalue weighted by Gasteiger charge is -2.06. The number of fused-ring (bicyclic) bond motifs is 4. The minimum atomic E-state index is -0.238. The van der Waals surface area contributed by atoms with Crippen molar-refractivity contribution in [2.24, 2.45) is 7.05 Å². The van der Waals surface area contributed by atoms with E-state index in [0.29, 0.717) is 0 Å². The number of benzene rings is 3. The van der Waals surface area contributed by atoms with Gasteiger partial charge in [0, 0.05) is 28.5 Å². The molecule has 0 bridgehead atoms. The van der Waals surface area contributed by atoms with Gasteiger partial charge in [0.15, 0.2) is 6.20 Å². The molecular weight excluding hydrogens is 385 g/mol. The monoisotopic (exact) mass is 408 g/mol. The summed E-state index contributed by atoms with van der Waals surface area (Å²) in [6.45, 7) is 2.09. The molecule has 2 nitrogen and oxygen atoms in total. The van der Waals surface area contributed by atoms with Crippen LogP contribution in [-0.2, 0) is 19.9 Å². The van der Waals surface area contributed by atoms with E-state index in [-0.39, 0.29) is 5.82 Å². The third-order valence-electron chi connectivity index (χ3n) is 6.63. The summed E-state index contributed by atoms with van der Waals surface area (Å²) in [7, 11) is 2.03. The van der Waals surface area contributed by atoms with Gasteiger partial charge in [-0.3, -0.25) is 0 Å². The molecule has 1 aliphatic rings. The summed E-state index contributed by atoms with van der Waals surface area (Å²) in [5, 5.41) is 1.77. The lowest BCUT2D eigenvalue weighted by atomic mass is 9.97. The van der Waals surface area contributed by atoms with Crippen molar-refractivity contribution in [2.75, 3.05) is 0 Å². The Balaban J connectivity index is 1.68.